The largest absolute Gasteiger partial charge is 0.461 e. The molecule has 1 aliphatic heterocycles. The topological polar surface area (TPSA) is 55.4 Å². The molecule has 0 spiro atoms. The first-order chi connectivity index (χ1) is 13.1. The summed E-state index contributed by atoms with van der Waals surface area (Å²) < 4.78 is 6.01. The second kappa shape index (κ2) is 7.55. The van der Waals surface area contributed by atoms with E-state index < -0.39 is 5.92 Å². The third kappa shape index (κ3) is 3.75. The van der Waals surface area contributed by atoms with Crippen LogP contribution in [0.15, 0.2) is 48.5 Å². The highest BCUT2D eigenvalue weighted by Gasteiger charge is 2.36. The number of hydrogen-bond acceptors (Lipinski definition) is 3. The van der Waals surface area contributed by atoms with Gasteiger partial charge < -0.3 is 10.1 Å². The fourth-order valence-electron chi connectivity index (χ4n) is 4.29. The lowest BCUT2D eigenvalue weighted by atomic mass is 9.81. The molecular formula is C23H25NO3. The minimum atomic E-state index is -0.518. The van der Waals surface area contributed by atoms with Gasteiger partial charge in [0.25, 0.3) is 0 Å². The predicted octanol–water partition coefficient (Wildman–Crippen LogP) is 4.69. The molecule has 2 aromatic rings. The zero-order chi connectivity index (χ0) is 18.8. The van der Waals surface area contributed by atoms with Crippen molar-refractivity contribution in [3.63, 3.8) is 0 Å². The number of ether oxygens (including phenoxy) is 1. The van der Waals surface area contributed by atoms with Crippen molar-refractivity contribution in [2.24, 2.45) is 0 Å². The Morgan fingerprint density at radius 1 is 1.04 bits per heavy atom. The van der Waals surface area contributed by atoms with E-state index in [9.17, 15) is 9.59 Å². The summed E-state index contributed by atoms with van der Waals surface area (Å²) in [4.78, 5) is 25.0. The van der Waals surface area contributed by atoms with Crippen LogP contribution in [0, 0.1) is 6.92 Å². The average Bonchev–Trinajstić information content (AvgIpc) is 2.68. The first-order valence-electron chi connectivity index (χ1n) is 9.77. The minimum Gasteiger partial charge on any atom is -0.461 e. The maximum atomic E-state index is 13.0. The molecule has 4 nitrogen and oxygen atoms in total. The number of nitrogens with one attached hydrogen (secondary N) is 1. The molecule has 1 N–H and O–H groups in total. The molecule has 3 atom stereocenters. The van der Waals surface area contributed by atoms with Crippen LogP contribution in [0.5, 0.6) is 0 Å². The van der Waals surface area contributed by atoms with Gasteiger partial charge in [-0.1, -0.05) is 54.4 Å². The van der Waals surface area contributed by atoms with Gasteiger partial charge in [0.2, 0.25) is 5.91 Å². The zero-order valence-corrected chi connectivity index (χ0v) is 15.6. The molecule has 1 fully saturated rings. The Labute approximate surface area is 159 Å². The average molecular weight is 363 g/mol. The van der Waals surface area contributed by atoms with Gasteiger partial charge in [-0.25, -0.2) is 0 Å². The predicted molar refractivity (Wildman–Crippen MR) is 105 cm³/mol. The molecule has 0 saturated heterocycles. The molecule has 1 heterocycles. The Morgan fingerprint density at radius 3 is 2.59 bits per heavy atom. The Bertz CT molecular complexity index is 843. The van der Waals surface area contributed by atoms with Crippen LogP contribution in [0.2, 0.25) is 0 Å². The van der Waals surface area contributed by atoms with Crippen molar-refractivity contribution in [1.29, 1.82) is 0 Å². The second-order valence-corrected chi connectivity index (χ2v) is 7.67. The molecule has 1 amide bonds. The van der Waals surface area contributed by atoms with Crippen LogP contribution in [0.3, 0.4) is 0 Å². The van der Waals surface area contributed by atoms with E-state index in [0.29, 0.717) is 0 Å². The summed E-state index contributed by atoms with van der Waals surface area (Å²) in [6, 6.07) is 16.0. The van der Waals surface area contributed by atoms with E-state index in [1.807, 2.05) is 24.3 Å². The van der Waals surface area contributed by atoms with E-state index in [0.717, 1.165) is 36.9 Å². The van der Waals surface area contributed by atoms with E-state index in [4.69, 9.17) is 4.74 Å². The molecule has 4 rings (SSSR count). The van der Waals surface area contributed by atoms with E-state index in [-0.39, 0.29) is 30.3 Å². The summed E-state index contributed by atoms with van der Waals surface area (Å²) >= 11 is 0. The number of rotatable bonds is 3. The maximum absolute atomic E-state index is 13.0. The number of fused-ring (bicyclic) bond motifs is 1. The van der Waals surface area contributed by atoms with Crippen molar-refractivity contribution < 1.29 is 14.3 Å². The van der Waals surface area contributed by atoms with Gasteiger partial charge in [-0.05, 0) is 43.4 Å². The van der Waals surface area contributed by atoms with Crippen molar-refractivity contribution in [2.75, 3.05) is 5.32 Å². The molecule has 0 aromatic heterocycles. The highest BCUT2D eigenvalue weighted by molar-refractivity contribution is 5.99. The summed E-state index contributed by atoms with van der Waals surface area (Å²) in [5.74, 6) is -0.692. The second-order valence-electron chi connectivity index (χ2n) is 7.67. The van der Waals surface area contributed by atoms with Crippen molar-refractivity contribution in [3.05, 3.63) is 65.2 Å². The number of carbonyl (C=O) groups is 2. The Morgan fingerprint density at radius 2 is 1.78 bits per heavy atom. The number of esters is 1. The Balaban J connectivity index is 1.54. The number of hydrogen-bond donors (Lipinski definition) is 1. The Kier molecular flexibility index (Phi) is 4.97. The van der Waals surface area contributed by atoms with E-state index in [1.54, 1.807) is 0 Å². The van der Waals surface area contributed by atoms with Crippen molar-refractivity contribution in [2.45, 2.75) is 57.0 Å². The molecular weight excluding hydrogens is 338 g/mol. The van der Waals surface area contributed by atoms with Gasteiger partial charge in [-0.3, -0.25) is 9.59 Å². The first-order valence-corrected chi connectivity index (χ1v) is 9.77. The van der Waals surface area contributed by atoms with Crippen LogP contribution in [0.4, 0.5) is 5.69 Å². The lowest BCUT2D eigenvalue weighted by Crippen LogP contribution is -2.34. The minimum absolute atomic E-state index is 0.119. The molecule has 0 unspecified atom stereocenters. The SMILES string of the molecule is Cc1ccc([C@@H]2CCCC[C@H]2OC(=O)[C@H]2CC(=O)Nc3ccccc32)cc1. The molecule has 1 aliphatic carbocycles. The molecule has 0 radical (unpaired) electrons. The number of benzene rings is 2. The molecule has 4 heteroatoms. The third-order valence-corrected chi connectivity index (χ3v) is 5.76. The zero-order valence-electron chi connectivity index (χ0n) is 15.6. The van der Waals surface area contributed by atoms with E-state index >= 15 is 0 Å². The number of anilines is 1. The molecule has 2 aliphatic rings. The normalized spacial score (nSPS) is 24.6. The van der Waals surface area contributed by atoms with E-state index in [1.165, 1.54) is 11.1 Å². The summed E-state index contributed by atoms with van der Waals surface area (Å²) in [6.45, 7) is 2.08. The smallest absolute Gasteiger partial charge is 0.314 e. The number of para-hydroxylation sites is 1. The molecule has 27 heavy (non-hydrogen) atoms. The molecule has 2 aromatic carbocycles. The van der Waals surface area contributed by atoms with Gasteiger partial charge in [0.05, 0.1) is 5.92 Å². The molecule has 1 saturated carbocycles. The van der Waals surface area contributed by atoms with Crippen LogP contribution in [0.1, 0.15) is 60.6 Å². The molecule has 140 valence electrons. The Hall–Kier alpha value is -2.62. The summed E-state index contributed by atoms with van der Waals surface area (Å²) in [6.07, 6.45) is 4.17. The van der Waals surface area contributed by atoms with Crippen LogP contribution >= 0.6 is 0 Å². The van der Waals surface area contributed by atoms with Gasteiger partial charge in [0, 0.05) is 18.0 Å². The fourth-order valence-corrected chi connectivity index (χ4v) is 4.29. The van der Waals surface area contributed by atoms with E-state index in [2.05, 4.69) is 36.5 Å². The van der Waals surface area contributed by atoms with Gasteiger partial charge in [-0.2, -0.15) is 0 Å². The summed E-state index contributed by atoms with van der Waals surface area (Å²) in [5.41, 5.74) is 4.03. The standard InChI is InChI=1S/C23H25NO3/c1-15-10-12-16(13-11-15)17-6-3-5-9-21(17)27-23(26)19-14-22(25)24-20-8-4-2-7-18(19)20/h2,4,7-8,10-13,17,19,21H,3,5-6,9,14H2,1H3,(H,24,25)/t17-,19-,21+/m0/s1. The van der Waals surface area contributed by atoms with Gasteiger partial charge in [-0.15, -0.1) is 0 Å². The van der Waals surface area contributed by atoms with Crippen molar-refractivity contribution >= 4 is 17.6 Å². The van der Waals surface area contributed by atoms with Crippen molar-refractivity contribution in [1.82, 2.24) is 0 Å². The van der Waals surface area contributed by atoms with Gasteiger partial charge in [0.15, 0.2) is 0 Å². The van der Waals surface area contributed by atoms with Gasteiger partial charge in [0.1, 0.15) is 6.10 Å². The van der Waals surface area contributed by atoms with Crippen molar-refractivity contribution in [3.8, 4) is 0 Å². The quantitative estimate of drug-likeness (QED) is 0.805. The first kappa shape index (κ1) is 17.8. The van der Waals surface area contributed by atoms with Crippen LogP contribution in [-0.2, 0) is 14.3 Å². The van der Waals surface area contributed by atoms with Gasteiger partial charge >= 0.3 is 5.97 Å². The summed E-state index contributed by atoms with van der Waals surface area (Å²) in [7, 11) is 0. The lowest BCUT2D eigenvalue weighted by Gasteiger charge is -2.33. The number of aryl methyl sites for hydroxylation is 1. The molecule has 0 bridgehead atoms. The number of carbonyl (C=O) groups excluding carboxylic acids is 2. The highest BCUT2D eigenvalue weighted by atomic mass is 16.5. The maximum Gasteiger partial charge on any atom is 0.314 e. The fraction of sp³-hybridized carbons (Fsp3) is 0.391. The van der Waals surface area contributed by atoms with Crippen LogP contribution in [0.25, 0.3) is 0 Å². The highest BCUT2D eigenvalue weighted by Crippen LogP contribution is 2.38. The summed E-state index contributed by atoms with van der Waals surface area (Å²) in [5, 5.41) is 2.84. The number of amides is 1. The lowest BCUT2D eigenvalue weighted by molar-refractivity contribution is -0.154. The monoisotopic (exact) mass is 363 g/mol. The van der Waals surface area contributed by atoms with Crippen LogP contribution in [-0.4, -0.2) is 18.0 Å². The third-order valence-electron chi connectivity index (χ3n) is 5.76. The van der Waals surface area contributed by atoms with Crippen LogP contribution < -0.4 is 5.32 Å².